The summed E-state index contributed by atoms with van der Waals surface area (Å²) in [6.45, 7) is 2.68. The number of anilines is 1. The molecule has 1 aliphatic rings. The number of rotatable bonds is 3. The Labute approximate surface area is 100 Å². The molecule has 1 saturated heterocycles. The molecule has 2 atom stereocenters. The Morgan fingerprint density at radius 3 is 3.00 bits per heavy atom. The highest BCUT2D eigenvalue weighted by Gasteiger charge is 2.34. The number of H-pyrrole nitrogens is 1. The van der Waals surface area contributed by atoms with E-state index in [9.17, 15) is 4.79 Å². The number of aryl methyl sites for hydroxylation is 1. The standard InChI is InChI=1S/C11H18N4O2/c1-7-5-12-11(13-7)14-10(16)9-4-8(17-3)6-15(9)2/h5,8-9H,4,6H2,1-3H3,(H2,12,13,14,16)/t8-,9-/m0/s1. The molecule has 1 aromatic heterocycles. The largest absolute Gasteiger partial charge is 0.380 e. The molecule has 6 heteroatoms. The van der Waals surface area contributed by atoms with E-state index in [1.54, 1.807) is 13.3 Å². The van der Waals surface area contributed by atoms with Crippen LogP contribution in [0.15, 0.2) is 6.20 Å². The molecular weight excluding hydrogens is 220 g/mol. The van der Waals surface area contributed by atoms with Crippen LogP contribution in [0.3, 0.4) is 0 Å². The van der Waals surface area contributed by atoms with Gasteiger partial charge < -0.3 is 9.72 Å². The van der Waals surface area contributed by atoms with Crippen LogP contribution in [0.5, 0.6) is 0 Å². The molecule has 0 aromatic carbocycles. The molecule has 0 aliphatic carbocycles. The summed E-state index contributed by atoms with van der Waals surface area (Å²) in [6, 6.07) is -0.148. The number of aromatic nitrogens is 2. The number of hydrogen-bond acceptors (Lipinski definition) is 4. The normalized spacial score (nSPS) is 25.1. The maximum atomic E-state index is 12.0. The summed E-state index contributed by atoms with van der Waals surface area (Å²) >= 11 is 0. The molecule has 0 spiro atoms. The van der Waals surface area contributed by atoms with Crippen LogP contribution >= 0.6 is 0 Å². The zero-order valence-corrected chi connectivity index (χ0v) is 10.4. The molecule has 2 N–H and O–H groups in total. The number of methoxy groups -OCH3 is 1. The molecule has 0 unspecified atom stereocenters. The molecule has 1 amide bonds. The molecule has 0 saturated carbocycles. The number of carbonyl (C=O) groups excluding carboxylic acids is 1. The number of ether oxygens (including phenoxy) is 1. The molecule has 0 radical (unpaired) electrons. The lowest BCUT2D eigenvalue weighted by Gasteiger charge is -2.17. The number of imidazole rings is 1. The Kier molecular flexibility index (Phi) is 3.44. The second kappa shape index (κ2) is 4.85. The van der Waals surface area contributed by atoms with Gasteiger partial charge in [0, 0.05) is 25.5 Å². The van der Waals surface area contributed by atoms with Crippen molar-refractivity contribution >= 4 is 11.9 Å². The fourth-order valence-corrected chi connectivity index (χ4v) is 2.11. The summed E-state index contributed by atoms with van der Waals surface area (Å²) in [7, 11) is 3.60. The van der Waals surface area contributed by atoms with Crippen LogP contribution in [0.4, 0.5) is 5.95 Å². The average Bonchev–Trinajstić information content (AvgIpc) is 2.85. The lowest BCUT2D eigenvalue weighted by Crippen LogP contribution is -2.37. The predicted octanol–water partition coefficient (Wildman–Crippen LogP) is 0.376. The summed E-state index contributed by atoms with van der Waals surface area (Å²) in [4.78, 5) is 21.1. The third-order valence-electron chi connectivity index (χ3n) is 3.09. The van der Waals surface area contributed by atoms with Crippen LogP contribution in [-0.4, -0.2) is 53.6 Å². The minimum atomic E-state index is -0.148. The lowest BCUT2D eigenvalue weighted by molar-refractivity contribution is -0.120. The second-order valence-electron chi connectivity index (χ2n) is 4.45. The van der Waals surface area contributed by atoms with Gasteiger partial charge in [-0.05, 0) is 20.4 Å². The van der Waals surface area contributed by atoms with Gasteiger partial charge in [0.2, 0.25) is 11.9 Å². The molecule has 17 heavy (non-hydrogen) atoms. The fraction of sp³-hybridized carbons (Fsp3) is 0.636. The summed E-state index contributed by atoms with van der Waals surface area (Å²) in [6.07, 6.45) is 2.54. The molecule has 6 nitrogen and oxygen atoms in total. The molecule has 1 fully saturated rings. The van der Waals surface area contributed by atoms with Crippen molar-refractivity contribution in [2.75, 3.05) is 26.0 Å². The van der Waals surface area contributed by atoms with Crippen molar-refractivity contribution in [3.63, 3.8) is 0 Å². The smallest absolute Gasteiger partial charge is 0.244 e. The van der Waals surface area contributed by atoms with E-state index in [0.29, 0.717) is 5.95 Å². The van der Waals surface area contributed by atoms with Gasteiger partial charge in [-0.25, -0.2) is 4.98 Å². The van der Waals surface area contributed by atoms with Crippen LogP contribution in [0.25, 0.3) is 0 Å². The second-order valence-corrected chi connectivity index (χ2v) is 4.45. The van der Waals surface area contributed by atoms with E-state index in [4.69, 9.17) is 4.74 Å². The van der Waals surface area contributed by atoms with Crippen LogP contribution in [0.2, 0.25) is 0 Å². The summed E-state index contributed by atoms with van der Waals surface area (Å²) in [5.41, 5.74) is 0.926. The molecule has 94 valence electrons. The first kappa shape index (κ1) is 12.1. The Bertz CT molecular complexity index is 404. The van der Waals surface area contributed by atoms with E-state index in [1.807, 2.05) is 18.9 Å². The highest BCUT2D eigenvalue weighted by molar-refractivity contribution is 5.93. The maximum absolute atomic E-state index is 12.0. The first-order valence-electron chi connectivity index (χ1n) is 5.65. The molecule has 1 aliphatic heterocycles. The van der Waals surface area contributed by atoms with E-state index in [1.165, 1.54) is 0 Å². The molecule has 1 aromatic rings. The van der Waals surface area contributed by atoms with Gasteiger partial charge in [-0.1, -0.05) is 0 Å². The van der Waals surface area contributed by atoms with E-state index < -0.39 is 0 Å². The molecule has 2 heterocycles. The van der Waals surface area contributed by atoms with Crippen LogP contribution in [0, 0.1) is 6.92 Å². The van der Waals surface area contributed by atoms with Crippen molar-refractivity contribution < 1.29 is 9.53 Å². The molecule has 2 rings (SSSR count). The van der Waals surface area contributed by atoms with Crippen LogP contribution in [-0.2, 0) is 9.53 Å². The first-order valence-corrected chi connectivity index (χ1v) is 5.65. The van der Waals surface area contributed by atoms with Gasteiger partial charge >= 0.3 is 0 Å². The molecule has 0 bridgehead atoms. The number of hydrogen-bond donors (Lipinski definition) is 2. The fourth-order valence-electron chi connectivity index (χ4n) is 2.11. The van der Waals surface area contributed by atoms with E-state index in [0.717, 1.165) is 18.7 Å². The third-order valence-corrected chi connectivity index (χ3v) is 3.09. The van der Waals surface area contributed by atoms with Crippen molar-refractivity contribution in [3.05, 3.63) is 11.9 Å². The molecular formula is C11H18N4O2. The van der Waals surface area contributed by atoms with Gasteiger partial charge in [0.05, 0.1) is 12.1 Å². The number of likely N-dealkylation sites (N-methyl/N-ethyl adjacent to an activating group) is 1. The number of carbonyl (C=O) groups is 1. The van der Waals surface area contributed by atoms with Crippen molar-refractivity contribution in [2.45, 2.75) is 25.5 Å². The van der Waals surface area contributed by atoms with E-state index in [-0.39, 0.29) is 18.1 Å². The number of nitrogens with one attached hydrogen (secondary N) is 2. The summed E-state index contributed by atoms with van der Waals surface area (Å²) in [5, 5.41) is 2.78. The third kappa shape index (κ3) is 2.65. The summed E-state index contributed by atoms with van der Waals surface area (Å²) < 4.78 is 5.27. The van der Waals surface area contributed by atoms with Gasteiger partial charge in [0.15, 0.2) is 0 Å². The van der Waals surface area contributed by atoms with Crippen LogP contribution < -0.4 is 5.32 Å². The van der Waals surface area contributed by atoms with Crippen LogP contribution in [0.1, 0.15) is 12.1 Å². The lowest BCUT2D eigenvalue weighted by atomic mass is 10.2. The van der Waals surface area contributed by atoms with E-state index >= 15 is 0 Å². The van der Waals surface area contributed by atoms with Crippen molar-refractivity contribution in [2.24, 2.45) is 0 Å². The highest BCUT2D eigenvalue weighted by Crippen LogP contribution is 2.19. The van der Waals surface area contributed by atoms with E-state index in [2.05, 4.69) is 15.3 Å². The quantitative estimate of drug-likeness (QED) is 0.798. The Morgan fingerprint density at radius 2 is 2.47 bits per heavy atom. The number of amides is 1. The van der Waals surface area contributed by atoms with Crippen molar-refractivity contribution in [1.29, 1.82) is 0 Å². The zero-order chi connectivity index (χ0) is 12.4. The first-order chi connectivity index (χ1) is 8.10. The minimum absolute atomic E-state index is 0.0404. The SMILES string of the molecule is CO[C@H]1C[C@@H](C(=O)Nc2ncc(C)[nH]2)N(C)C1. The van der Waals surface area contributed by atoms with Gasteiger partial charge in [-0.3, -0.25) is 15.0 Å². The summed E-state index contributed by atoms with van der Waals surface area (Å²) in [5.74, 6) is 0.461. The Morgan fingerprint density at radius 1 is 1.71 bits per heavy atom. The predicted molar refractivity (Wildman–Crippen MR) is 63.8 cm³/mol. The van der Waals surface area contributed by atoms with Gasteiger partial charge in [0.1, 0.15) is 0 Å². The van der Waals surface area contributed by atoms with Crippen molar-refractivity contribution in [1.82, 2.24) is 14.9 Å². The number of aromatic amines is 1. The highest BCUT2D eigenvalue weighted by atomic mass is 16.5. The average molecular weight is 238 g/mol. The maximum Gasteiger partial charge on any atom is 0.244 e. The van der Waals surface area contributed by atoms with Gasteiger partial charge in [0.25, 0.3) is 0 Å². The van der Waals surface area contributed by atoms with Gasteiger partial charge in [-0.15, -0.1) is 0 Å². The van der Waals surface area contributed by atoms with Crippen molar-refractivity contribution in [3.8, 4) is 0 Å². The Hall–Kier alpha value is -1.40. The topological polar surface area (TPSA) is 70.2 Å². The monoisotopic (exact) mass is 238 g/mol. The zero-order valence-electron chi connectivity index (χ0n) is 10.4. The number of nitrogens with zero attached hydrogens (tertiary/aromatic N) is 2. The van der Waals surface area contributed by atoms with Gasteiger partial charge in [-0.2, -0.15) is 0 Å². The minimum Gasteiger partial charge on any atom is -0.380 e. The Balaban J connectivity index is 1.96. The number of likely N-dealkylation sites (tertiary alicyclic amines) is 1.